The number of imide groups is 1. The molecule has 27 heavy (non-hydrogen) atoms. The van der Waals surface area contributed by atoms with E-state index in [1.807, 2.05) is 37.3 Å². The Bertz CT molecular complexity index is 934. The van der Waals surface area contributed by atoms with Crippen LogP contribution in [0, 0.1) is 5.92 Å². The summed E-state index contributed by atoms with van der Waals surface area (Å²) in [7, 11) is 0. The van der Waals surface area contributed by atoms with Crippen molar-refractivity contribution in [1.29, 1.82) is 0 Å². The van der Waals surface area contributed by atoms with Gasteiger partial charge < -0.3 is 0 Å². The van der Waals surface area contributed by atoms with Gasteiger partial charge in [-0.15, -0.1) is 0 Å². The number of benzene rings is 2. The molecule has 0 radical (unpaired) electrons. The second-order valence-electron chi connectivity index (χ2n) is 7.58. The van der Waals surface area contributed by atoms with Crippen LogP contribution in [0.1, 0.15) is 24.9 Å². The van der Waals surface area contributed by atoms with E-state index >= 15 is 0 Å². The molecule has 3 aliphatic rings. The molecular weight excluding hydrogens is 362 g/mol. The highest BCUT2D eigenvalue weighted by Crippen LogP contribution is 2.54. The molecule has 6 heteroatoms. The summed E-state index contributed by atoms with van der Waals surface area (Å²) in [5, 5.41) is 4.86. The van der Waals surface area contributed by atoms with Gasteiger partial charge in [-0.25, -0.2) is 14.9 Å². The van der Waals surface area contributed by atoms with Gasteiger partial charge in [0.2, 0.25) is 5.91 Å². The highest BCUT2D eigenvalue weighted by molar-refractivity contribution is 6.31. The van der Waals surface area contributed by atoms with Crippen LogP contribution >= 0.6 is 11.6 Å². The first-order valence-electron chi connectivity index (χ1n) is 9.26. The highest BCUT2D eigenvalue weighted by atomic mass is 35.5. The maximum absolute atomic E-state index is 13.5. The minimum absolute atomic E-state index is 0.126. The fraction of sp³-hybridized carbons (Fsp3) is 0.333. The molecule has 0 aromatic heterocycles. The molecule has 3 atom stereocenters. The molecule has 5 nitrogen and oxygen atoms in total. The molecular formula is C21H20ClN3O2. The van der Waals surface area contributed by atoms with Gasteiger partial charge >= 0.3 is 0 Å². The number of carbonyl (C=O) groups is 2. The molecule has 3 aliphatic heterocycles. The molecule has 0 spiro atoms. The Kier molecular flexibility index (Phi) is 3.69. The van der Waals surface area contributed by atoms with Crippen LogP contribution in [-0.4, -0.2) is 40.5 Å². The molecule has 2 amide bonds. The number of hydrogen-bond acceptors (Lipinski definition) is 4. The van der Waals surface area contributed by atoms with Crippen LogP contribution < -0.4 is 4.90 Å². The third-order valence-electron chi connectivity index (χ3n) is 6.18. The van der Waals surface area contributed by atoms with Crippen molar-refractivity contribution < 1.29 is 9.59 Å². The lowest BCUT2D eigenvalue weighted by Gasteiger charge is -2.33. The van der Waals surface area contributed by atoms with Crippen LogP contribution in [0.2, 0.25) is 5.02 Å². The number of hydrazine groups is 1. The number of carbonyl (C=O) groups excluding carboxylic acids is 2. The second-order valence-corrected chi connectivity index (χ2v) is 8.02. The summed E-state index contributed by atoms with van der Waals surface area (Å²) < 4.78 is 0. The molecule has 2 aromatic rings. The summed E-state index contributed by atoms with van der Waals surface area (Å²) in [5.74, 6) is -0.746. The van der Waals surface area contributed by atoms with Gasteiger partial charge in [0.15, 0.2) is 0 Å². The molecule has 0 N–H and O–H groups in total. The number of hydrogen-bond donors (Lipinski definition) is 0. The van der Waals surface area contributed by atoms with Crippen molar-refractivity contribution in [3.8, 4) is 0 Å². The van der Waals surface area contributed by atoms with Gasteiger partial charge in [-0.1, -0.05) is 48.0 Å². The third-order valence-corrected chi connectivity index (χ3v) is 6.41. The van der Waals surface area contributed by atoms with E-state index in [0.29, 0.717) is 10.7 Å². The second kappa shape index (κ2) is 5.89. The number of fused-ring (bicyclic) bond motifs is 3. The lowest BCUT2D eigenvalue weighted by molar-refractivity contribution is -0.131. The lowest BCUT2D eigenvalue weighted by atomic mass is 9.81. The average Bonchev–Trinajstić information content (AvgIpc) is 3.28. The predicted octanol–water partition coefficient (Wildman–Crippen LogP) is 3.27. The van der Waals surface area contributed by atoms with E-state index in [1.165, 1.54) is 4.90 Å². The van der Waals surface area contributed by atoms with E-state index in [9.17, 15) is 9.59 Å². The van der Waals surface area contributed by atoms with Crippen molar-refractivity contribution in [1.82, 2.24) is 10.0 Å². The van der Waals surface area contributed by atoms with E-state index < -0.39 is 11.5 Å². The van der Waals surface area contributed by atoms with Crippen LogP contribution in [0.4, 0.5) is 5.69 Å². The van der Waals surface area contributed by atoms with Crippen LogP contribution in [0.25, 0.3) is 0 Å². The van der Waals surface area contributed by atoms with Crippen molar-refractivity contribution in [2.45, 2.75) is 24.9 Å². The van der Waals surface area contributed by atoms with E-state index in [0.717, 1.165) is 25.1 Å². The first-order valence-corrected chi connectivity index (χ1v) is 9.64. The maximum Gasteiger partial charge on any atom is 0.256 e. The Labute approximate surface area is 163 Å². The Morgan fingerprint density at radius 2 is 1.81 bits per heavy atom. The van der Waals surface area contributed by atoms with Crippen molar-refractivity contribution in [3.05, 3.63) is 65.2 Å². The largest absolute Gasteiger partial charge is 0.274 e. The minimum atomic E-state index is -0.865. The monoisotopic (exact) mass is 381 g/mol. The normalized spacial score (nSPS) is 30.8. The summed E-state index contributed by atoms with van der Waals surface area (Å²) >= 11 is 6.12. The summed E-state index contributed by atoms with van der Waals surface area (Å²) in [4.78, 5) is 28.4. The van der Waals surface area contributed by atoms with Crippen LogP contribution in [0.15, 0.2) is 54.6 Å². The molecule has 3 heterocycles. The summed E-state index contributed by atoms with van der Waals surface area (Å²) in [6.45, 7) is 3.58. The molecule has 3 saturated heterocycles. The quantitative estimate of drug-likeness (QED) is 0.749. The number of nitrogens with zero attached hydrogens (tertiary/aromatic N) is 3. The predicted molar refractivity (Wildman–Crippen MR) is 103 cm³/mol. The molecule has 138 valence electrons. The lowest BCUT2D eigenvalue weighted by Crippen LogP contribution is -2.52. The van der Waals surface area contributed by atoms with E-state index in [4.69, 9.17) is 11.6 Å². The third kappa shape index (κ3) is 2.19. The zero-order valence-electron chi connectivity index (χ0n) is 15.0. The summed E-state index contributed by atoms with van der Waals surface area (Å²) in [6.07, 6.45) is 0.990. The van der Waals surface area contributed by atoms with Crippen molar-refractivity contribution in [2.24, 2.45) is 5.92 Å². The van der Waals surface area contributed by atoms with Gasteiger partial charge in [-0.2, -0.15) is 0 Å². The van der Waals surface area contributed by atoms with Gasteiger partial charge in [0, 0.05) is 18.1 Å². The van der Waals surface area contributed by atoms with Gasteiger partial charge in [0.1, 0.15) is 5.54 Å². The first kappa shape index (κ1) is 16.9. The van der Waals surface area contributed by atoms with E-state index in [2.05, 4.69) is 10.0 Å². The van der Waals surface area contributed by atoms with Crippen molar-refractivity contribution in [3.63, 3.8) is 0 Å². The molecule has 0 unspecified atom stereocenters. The van der Waals surface area contributed by atoms with Gasteiger partial charge in [-0.3, -0.25) is 9.59 Å². The number of amides is 2. The SMILES string of the molecule is C[C@]12C(=O)N(c3cccc(Cl)c3)C(=O)[C@@H]1[C@H](c1ccccc1)N1CCCN12. The maximum atomic E-state index is 13.5. The Morgan fingerprint density at radius 1 is 1.04 bits per heavy atom. The first-order chi connectivity index (χ1) is 13.0. The number of halogens is 1. The minimum Gasteiger partial charge on any atom is -0.274 e. The zero-order chi connectivity index (χ0) is 18.8. The van der Waals surface area contributed by atoms with Gasteiger partial charge in [-0.05, 0) is 37.1 Å². The highest BCUT2D eigenvalue weighted by Gasteiger charge is 2.70. The average molecular weight is 382 g/mol. The fourth-order valence-electron chi connectivity index (χ4n) is 5.02. The fourth-order valence-corrected chi connectivity index (χ4v) is 5.20. The molecule has 5 rings (SSSR count). The van der Waals surface area contributed by atoms with E-state index in [1.54, 1.807) is 24.3 Å². The summed E-state index contributed by atoms with van der Waals surface area (Å²) in [6, 6.07) is 16.9. The standard InChI is InChI=1S/C21H20ClN3O2/c1-21-17(19(26)25(20(21)27)16-10-5-9-15(22)13-16)18(14-7-3-2-4-8-14)23-11-6-12-24(21)23/h2-5,7-10,13,17-18H,6,11-12H2,1H3/t17-,18-,21+/m0/s1. The number of anilines is 1. The van der Waals surface area contributed by atoms with Crippen molar-refractivity contribution >= 4 is 29.1 Å². The molecule has 0 aliphatic carbocycles. The van der Waals surface area contributed by atoms with Crippen LogP contribution in [-0.2, 0) is 9.59 Å². The Balaban J connectivity index is 1.65. The molecule has 0 saturated carbocycles. The zero-order valence-corrected chi connectivity index (χ0v) is 15.8. The smallest absolute Gasteiger partial charge is 0.256 e. The van der Waals surface area contributed by atoms with Crippen LogP contribution in [0.5, 0.6) is 0 Å². The Hall–Kier alpha value is -2.21. The Morgan fingerprint density at radius 3 is 2.56 bits per heavy atom. The van der Waals surface area contributed by atoms with Crippen LogP contribution in [0.3, 0.4) is 0 Å². The molecule has 2 aromatic carbocycles. The van der Waals surface area contributed by atoms with Gasteiger partial charge in [0.25, 0.3) is 5.91 Å². The van der Waals surface area contributed by atoms with E-state index in [-0.39, 0.29) is 17.9 Å². The number of rotatable bonds is 2. The molecule has 3 fully saturated rings. The van der Waals surface area contributed by atoms with Crippen molar-refractivity contribution in [2.75, 3.05) is 18.0 Å². The topological polar surface area (TPSA) is 43.9 Å². The van der Waals surface area contributed by atoms with Gasteiger partial charge in [0.05, 0.1) is 17.6 Å². The summed E-state index contributed by atoms with van der Waals surface area (Å²) in [5.41, 5.74) is 0.758. The molecule has 0 bridgehead atoms.